The number of benzene rings is 1. The highest BCUT2D eigenvalue weighted by atomic mass is 35.5. The first kappa shape index (κ1) is 21.0. The number of para-hydroxylation sites is 1. The van der Waals surface area contributed by atoms with Gasteiger partial charge in [0, 0.05) is 19.0 Å². The molecular formula is C16H26Cl2N2O2. The normalized spacial score (nSPS) is 11.7. The van der Waals surface area contributed by atoms with Gasteiger partial charge in [-0.25, -0.2) is 0 Å². The average molecular weight is 349 g/mol. The van der Waals surface area contributed by atoms with E-state index >= 15 is 0 Å². The molecule has 0 radical (unpaired) electrons. The number of hydrogen-bond acceptors (Lipinski definition) is 3. The van der Waals surface area contributed by atoms with E-state index in [-0.39, 0.29) is 24.4 Å². The van der Waals surface area contributed by atoms with Crippen LogP contribution < -0.4 is 15.8 Å². The maximum Gasteiger partial charge on any atom is 0.220 e. The van der Waals surface area contributed by atoms with Crippen LogP contribution in [0.5, 0.6) is 5.75 Å². The predicted octanol–water partition coefficient (Wildman–Crippen LogP) is 3.41. The number of rotatable bonds is 9. The zero-order valence-electron chi connectivity index (χ0n) is 13.2. The molecule has 1 aromatic rings. The third-order valence-corrected chi connectivity index (χ3v) is 3.36. The lowest BCUT2D eigenvalue weighted by Gasteiger charge is -2.18. The van der Waals surface area contributed by atoms with Gasteiger partial charge in [-0.1, -0.05) is 37.6 Å². The number of nitrogens with two attached hydrogens (primary N) is 1. The number of carbonyl (C=O) groups is 1. The van der Waals surface area contributed by atoms with E-state index in [0.717, 1.165) is 6.42 Å². The van der Waals surface area contributed by atoms with E-state index < -0.39 is 0 Å². The van der Waals surface area contributed by atoms with Gasteiger partial charge >= 0.3 is 0 Å². The highest BCUT2D eigenvalue weighted by Crippen LogP contribution is 2.23. The molecule has 0 heterocycles. The van der Waals surface area contributed by atoms with Crippen molar-refractivity contribution in [3.8, 4) is 5.75 Å². The minimum atomic E-state index is 0. The highest BCUT2D eigenvalue weighted by molar-refractivity contribution is 6.32. The quantitative estimate of drug-likeness (QED) is 0.672. The second kappa shape index (κ2) is 11.6. The molecule has 1 aromatic carbocycles. The van der Waals surface area contributed by atoms with Crippen molar-refractivity contribution in [2.45, 2.75) is 39.2 Å². The first-order chi connectivity index (χ1) is 10.0. The van der Waals surface area contributed by atoms with Crippen molar-refractivity contribution in [2.24, 2.45) is 11.7 Å². The van der Waals surface area contributed by atoms with E-state index in [1.807, 2.05) is 18.2 Å². The summed E-state index contributed by atoms with van der Waals surface area (Å²) < 4.78 is 5.55. The molecule has 0 aliphatic carbocycles. The Morgan fingerprint density at radius 2 is 2.05 bits per heavy atom. The van der Waals surface area contributed by atoms with Gasteiger partial charge in [0.2, 0.25) is 5.91 Å². The van der Waals surface area contributed by atoms with E-state index in [9.17, 15) is 4.79 Å². The third kappa shape index (κ3) is 8.47. The van der Waals surface area contributed by atoms with E-state index in [1.165, 1.54) is 0 Å². The van der Waals surface area contributed by atoms with Gasteiger partial charge in [0.05, 0.1) is 11.6 Å². The molecule has 1 amide bonds. The molecule has 1 unspecified atom stereocenters. The molecule has 126 valence electrons. The van der Waals surface area contributed by atoms with Gasteiger partial charge in [-0.3, -0.25) is 4.79 Å². The fourth-order valence-corrected chi connectivity index (χ4v) is 2.25. The summed E-state index contributed by atoms with van der Waals surface area (Å²) >= 11 is 5.98. The molecule has 0 aliphatic heterocycles. The lowest BCUT2D eigenvalue weighted by Crippen LogP contribution is -2.41. The van der Waals surface area contributed by atoms with Crippen LogP contribution in [0.25, 0.3) is 0 Å². The van der Waals surface area contributed by atoms with Crippen LogP contribution in [-0.2, 0) is 4.79 Å². The Kier molecular flexibility index (Phi) is 11.1. The summed E-state index contributed by atoms with van der Waals surface area (Å²) in [7, 11) is 0. The van der Waals surface area contributed by atoms with Gasteiger partial charge in [-0.05, 0) is 30.9 Å². The predicted molar refractivity (Wildman–Crippen MR) is 93.9 cm³/mol. The van der Waals surface area contributed by atoms with Gasteiger partial charge in [-0.2, -0.15) is 0 Å². The summed E-state index contributed by atoms with van der Waals surface area (Å²) in [5, 5.41) is 3.55. The van der Waals surface area contributed by atoms with Gasteiger partial charge in [-0.15, -0.1) is 12.4 Å². The minimum absolute atomic E-state index is 0. The molecule has 0 saturated carbocycles. The molecule has 0 saturated heterocycles. The van der Waals surface area contributed by atoms with E-state index in [2.05, 4.69) is 19.2 Å². The van der Waals surface area contributed by atoms with Crippen LogP contribution in [0.1, 0.15) is 33.1 Å². The van der Waals surface area contributed by atoms with Crippen LogP contribution in [0.15, 0.2) is 24.3 Å². The molecule has 1 rings (SSSR count). The Morgan fingerprint density at radius 3 is 2.64 bits per heavy atom. The summed E-state index contributed by atoms with van der Waals surface area (Å²) in [4.78, 5) is 11.8. The summed E-state index contributed by atoms with van der Waals surface area (Å²) in [5.41, 5.74) is 5.66. The van der Waals surface area contributed by atoms with Crippen LogP contribution in [0.4, 0.5) is 0 Å². The number of halogens is 2. The molecule has 3 N–H and O–H groups in total. The van der Waals surface area contributed by atoms with Crippen molar-refractivity contribution in [3.63, 3.8) is 0 Å². The lowest BCUT2D eigenvalue weighted by molar-refractivity contribution is -0.122. The number of carbonyl (C=O) groups excluding carboxylic acids is 1. The maximum atomic E-state index is 11.8. The molecule has 0 fully saturated rings. The molecule has 0 aliphatic rings. The number of amides is 1. The van der Waals surface area contributed by atoms with Gasteiger partial charge in [0.25, 0.3) is 0 Å². The first-order valence-electron chi connectivity index (χ1n) is 7.39. The SMILES string of the molecule is CC(C)CC(CN)NC(=O)CCCOc1ccccc1Cl.Cl. The Hall–Kier alpha value is -0.970. The van der Waals surface area contributed by atoms with Crippen molar-refractivity contribution >= 4 is 29.9 Å². The number of ether oxygens (including phenoxy) is 1. The van der Waals surface area contributed by atoms with Crippen LogP contribution in [0.2, 0.25) is 5.02 Å². The Morgan fingerprint density at radius 1 is 1.36 bits per heavy atom. The van der Waals surface area contributed by atoms with E-state index in [1.54, 1.807) is 6.07 Å². The third-order valence-electron chi connectivity index (χ3n) is 3.05. The van der Waals surface area contributed by atoms with Crippen LogP contribution >= 0.6 is 24.0 Å². The standard InChI is InChI=1S/C16H25ClN2O2.ClH/c1-12(2)10-13(11-18)19-16(20)8-5-9-21-15-7-4-3-6-14(15)17;/h3-4,6-7,12-13H,5,8-11,18H2,1-2H3,(H,19,20);1H. The Bertz CT molecular complexity index is 442. The molecular weight excluding hydrogens is 323 g/mol. The lowest BCUT2D eigenvalue weighted by atomic mass is 10.0. The Labute approximate surface area is 144 Å². The van der Waals surface area contributed by atoms with Gasteiger partial charge < -0.3 is 15.8 Å². The van der Waals surface area contributed by atoms with Crippen molar-refractivity contribution in [1.29, 1.82) is 0 Å². The van der Waals surface area contributed by atoms with Gasteiger partial charge in [0.1, 0.15) is 5.75 Å². The molecule has 22 heavy (non-hydrogen) atoms. The van der Waals surface area contributed by atoms with Crippen molar-refractivity contribution < 1.29 is 9.53 Å². The molecule has 0 spiro atoms. The first-order valence-corrected chi connectivity index (χ1v) is 7.77. The highest BCUT2D eigenvalue weighted by Gasteiger charge is 2.12. The topological polar surface area (TPSA) is 64.3 Å². The van der Waals surface area contributed by atoms with Crippen molar-refractivity contribution in [2.75, 3.05) is 13.2 Å². The second-order valence-electron chi connectivity index (χ2n) is 5.51. The fraction of sp³-hybridized carbons (Fsp3) is 0.562. The smallest absolute Gasteiger partial charge is 0.220 e. The van der Waals surface area contributed by atoms with E-state index in [0.29, 0.717) is 42.7 Å². The summed E-state index contributed by atoms with van der Waals surface area (Å²) in [6, 6.07) is 7.37. The minimum Gasteiger partial charge on any atom is -0.492 e. The largest absolute Gasteiger partial charge is 0.492 e. The summed E-state index contributed by atoms with van der Waals surface area (Å²) in [6.45, 7) is 5.17. The molecule has 4 nitrogen and oxygen atoms in total. The average Bonchev–Trinajstić information content (AvgIpc) is 2.44. The zero-order valence-corrected chi connectivity index (χ0v) is 14.8. The number of hydrogen-bond donors (Lipinski definition) is 2. The van der Waals surface area contributed by atoms with Crippen molar-refractivity contribution in [3.05, 3.63) is 29.3 Å². The van der Waals surface area contributed by atoms with Crippen LogP contribution in [0.3, 0.4) is 0 Å². The van der Waals surface area contributed by atoms with Crippen LogP contribution in [-0.4, -0.2) is 25.1 Å². The molecule has 1 atom stereocenters. The van der Waals surface area contributed by atoms with Crippen molar-refractivity contribution in [1.82, 2.24) is 5.32 Å². The van der Waals surface area contributed by atoms with Gasteiger partial charge in [0.15, 0.2) is 0 Å². The molecule has 0 bridgehead atoms. The van der Waals surface area contributed by atoms with E-state index in [4.69, 9.17) is 22.1 Å². The summed E-state index contributed by atoms with van der Waals surface area (Å²) in [6.07, 6.45) is 1.98. The molecule has 0 aromatic heterocycles. The zero-order chi connectivity index (χ0) is 15.7. The monoisotopic (exact) mass is 348 g/mol. The molecule has 6 heteroatoms. The van der Waals surface area contributed by atoms with Crippen LogP contribution in [0, 0.1) is 5.92 Å². The second-order valence-corrected chi connectivity index (χ2v) is 5.92. The number of nitrogens with one attached hydrogen (secondary N) is 1. The fourth-order valence-electron chi connectivity index (χ4n) is 2.06. The summed E-state index contributed by atoms with van der Waals surface area (Å²) in [5.74, 6) is 1.19. The maximum absolute atomic E-state index is 11.8. The Balaban J connectivity index is 0.00000441.